The van der Waals surface area contributed by atoms with Gasteiger partial charge in [0.1, 0.15) is 0 Å². The first-order valence-electron chi connectivity index (χ1n) is 13.1. The maximum absolute atomic E-state index is 6.27. The predicted octanol–water partition coefficient (Wildman–Crippen LogP) is 8.42. The van der Waals surface area contributed by atoms with Crippen LogP contribution in [-0.2, 0) is 15.9 Å². The molecular formula is C30H42O2. The number of hydrogen-bond donors (Lipinski definition) is 0. The fourth-order valence-corrected chi connectivity index (χ4v) is 5.64. The van der Waals surface area contributed by atoms with E-state index in [0.29, 0.717) is 17.8 Å². The molecule has 4 rings (SSSR count). The van der Waals surface area contributed by atoms with E-state index in [1.54, 1.807) is 5.56 Å². The molecule has 0 bridgehead atoms. The standard InChI is InChI=1S/C30H42O2/c1-4-9-22(3)26-17-18-28(29(19-26)24-11-7-6-8-12-24)27-20-31-30(32-21-27)25-15-13-23(10-5-2)14-16-25/h13-19,22,24,27,30H,4-12,20-21H2,1-3H3/t22?,27-,30-. The zero-order valence-corrected chi connectivity index (χ0v) is 20.4. The minimum atomic E-state index is -0.232. The van der Waals surface area contributed by atoms with Gasteiger partial charge in [-0.05, 0) is 59.8 Å². The maximum Gasteiger partial charge on any atom is 0.183 e. The predicted molar refractivity (Wildman–Crippen MR) is 133 cm³/mol. The van der Waals surface area contributed by atoms with Crippen LogP contribution in [-0.4, -0.2) is 13.2 Å². The van der Waals surface area contributed by atoms with Gasteiger partial charge in [-0.1, -0.05) is 95.3 Å². The van der Waals surface area contributed by atoms with Crippen LogP contribution in [0.2, 0.25) is 0 Å². The van der Waals surface area contributed by atoms with Crippen LogP contribution in [0.15, 0.2) is 42.5 Å². The summed E-state index contributed by atoms with van der Waals surface area (Å²) in [6.07, 6.45) is 11.4. The van der Waals surface area contributed by atoms with Gasteiger partial charge >= 0.3 is 0 Å². The Labute approximate surface area is 195 Å². The molecule has 0 spiro atoms. The fraction of sp³-hybridized carbons (Fsp3) is 0.600. The Morgan fingerprint density at radius 1 is 0.812 bits per heavy atom. The smallest absolute Gasteiger partial charge is 0.183 e. The lowest BCUT2D eigenvalue weighted by atomic mass is 9.78. The molecule has 1 heterocycles. The van der Waals surface area contributed by atoms with E-state index in [1.807, 2.05) is 0 Å². The van der Waals surface area contributed by atoms with Gasteiger partial charge in [-0.15, -0.1) is 0 Å². The highest BCUT2D eigenvalue weighted by atomic mass is 16.7. The molecule has 174 valence electrons. The molecule has 1 saturated heterocycles. The van der Waals surface area contributed by atoms with Crippen LogP contribution in [0.5, 0.6) is 0 Å². The lowest BCUT2D eigenvalue weighted by Gasteiger charge is -2.33. The molecule has 0 radical (unpaired) electrons. The lowest BCUT2D eigenvalue weighted by Crippen LogP contribution is -2.27. The molecule has 1 unspecified atom stereocenters. The summed E-state index contributed by atoms with van der Waals surface area (Å²) in [4.78, 5) is 0. The molecule has 1 saturated carbocycles. The Hall–Kier alpha value is -1.64. The van der Waals surface area contributed by atoms with Gasteiger partial charge in [-0.3, -0.25) is 0 Å². The van der Waals surface area contributed by atoms with Gasteiger partial charge in [-0.2, -0.15) is 0 Å². The molecule has 2 aromatic rings. The maximum atomic E-state index is 6.27. The molecule has 1 atom stereocenters. The van der Waals surface area contributed by atoms with Crippen molar-refractivity contribution in [1.29, 1.82) is 0 Å². The van der Waals surface area contributed by atoms with Crippen molar-refractivity contribution < 1.29 is 9.47 Å². The van der Waals surface area contributed by atoms with E-state index in [0.717, 1.165) is 25.2 Å². The van der Waals surface area contributed by atoms with Gasteiger partial charge in [0.05, 0.1) is 13.2 Å². The summed E-state index contributed by atoms with van der Waals surface area (Å²) in [7, 11) is 0. The molecule has 2 heteroatoms. The number of rotatable bonds is 8. The van der Waals surface area contributed by atoms with Crippen molar-refractivity contribution in [2.45, 2.75) is 103 Å². The third kappa shape index (κ3) is 5.64. The quantitative estimate of drug-likeness (QED) is 0.415. The molecule has 2 aliphatic rings. The Morgan fingerprint density at radius 3 is 2.19 bits per heavy atom. The van der Waals surface area contributed by atoms with Crippen molar-refractivity contribution in [1.82, 2.24) is 0 Å². The fourth-order valence-electron chi connectivity index (χ4n) is 5.64. The first kappa shape index (κ1) is 23.5. The highest BCUT2D eigenvalue weighted by Gasteiger charge is 2.29. The van der Waals surface area contributed by atoms with E-state index < -0.39 is 0 Å². The highest BCUT2D eigenvalue weighted by molar-refractivity contribution is 5.39. The summed E-state index contributed by atoms with van der Waals surface area (Å²) in [6.45, 7) is 8.37. The van der Waals surface area contributed by atoms with Gasteiger partial charge < -0.3 is 9.47 Å². The van der Waals surface area contributed by atoms with Crippen molar-refractivity contribution in [2.24, 2.45) is 0 Å². The van der Waals surface area contributed by atoms with E-state index in [2.05, 4.69) is 63.2 Å². The lowest BCUT2D eigenvalue weighted by molar-refractivity contribution is -0.191. The van der Waals surface area contributed by atoms with Crippen molar-refractivity contribution in [3.63, 3.8) is 0 Å². The Morgan fingerprint density at radius 2 is 1.53 bits per heavy atom. The van der Waals surface area contributed by atoms with Crippen molar-refractivity contribution in [3.8, 4) is 0 Å². The molecule has 0 amide bonds. The second-order valence-electron chi connectivity index (χ2n) is 10.1. The molecule has 32 heavy (non-hydrogen) atoms. The van der Waals surface area contributed by atoms with Crippen LogP contribution in [0.4, 0.5) is 0 Å². The van der Waals surface area contributed by atoms with E-state index in [4.69, 9.17) is 9.47 Å². The highest BCUT2D eigenvalue weighted by Crippen LogP contribution is 2.40. The number of benzene rings is 2. The molecule has 2 nitrogen and oxygen atoms in total. The number of hydrogen-bond acceptors (Lipinski definition) is 2. The van der Waals surface area contributed by atoms with Gasteiger partial charge in [0, 0.05) is 11.5 Å². The Bertz CT molecular complexity index is 826. The number of aryl methyl sites for hydroxylation is 1. The first-order valence-corrected chi connectivity index (χ1v) is 13.1. The zero-order chi connectivity index (χ0) is 22.3. The van der Waals surface area contributed by atoms with Gasteiger partial charge in [0.15, 0.2) is 6.29 Å². The summed E-state index contributed by atoms with van der Waals surface area (Å²) in [5.41, 5.74) is 7.10. The van der Waals surface area contributed by atoms with E-state index in [-0.39, 0.29) is 6.29 Å². The topological polar surface area (TPSA) is 18.5 Å². The SMILES string of the molecule is CCCc1ccc([C@H]2OC[C@H](c3ccc(C(C)CCC)cc3C3CCCCC3)CO2)cc1. The molecule has 0 N–H and O–H groups in total. The largest absolute Gasteiger partial charge is 0.348 e. The average molecular weight is 435 g/mol. The molecule has 2 aromatic carbocycles. The summed E-state index contributed by atoms with van der Waals surface area (Å²) in [5.74, 6) is 1.67. The van der Waals surface area contributed by atoms with Crippen molar-refractivity contribution >= 4 is 0 Å². The summed E-state index contributed by atoms with van der Waals surface area (Å²) in [6, 6.07) is 16.1. The second-order valence-corrected chi connectivity index (χ2v) is 10.1. The molecule has 0 aromatic heterocycles. The van der Waals surface area contributed by atoms with Crippen LogP contribution in [0.3, 0.4) is 0 Å². The minimum Gasteiger partial charge on any atom is -0.348 e. The Kier molecular flexibility index (Phi) is 8.43. The van der Waals surface area contributed by atoms with Crippen molar-refractivity contribution in [3.05, 3.63) is 70.3 Å². The first-order chi connectivity index (χ1) is 15.7. The summed E-state index contributed by atoms with van der Waals surface area (Å²) < 4.78 is 12.5. The summed E-state index contributed by atoms with van der Waals surface area (Å²) >= 11 is 0. The van der Waals surface area contributed by atoms with E-state index >= 15 is 0 Å². The van der Waals surface area contributed by atoms with Crippen LogP contribution in [0.1, 0.15) is 124 Å². The summed E-state index contributed by atoms with van der Waals surface area (Å²) in [5, 5.41) is 0. The zero-order valence-electron chi connectivity index (χ0n) is 20.4. The van der Waals surface area contributed by atoms with E-state index in [9.17, 15) is 0 Å². The molecule has 1 aliphatic heterocycles. The third-order valence-electron chi connectivity index (χ3n) is 7.57. The van der Waals surface area contributed by atoms with Gasteiger partial charge in [0.25, 0.3) is 0 Å². The van der Waals surface area contributed by atoms with E-state index in [1.165, 1.54) is 68.1 Å². The third-order valence-corrected chi connectivity index (χ3v) is 7.57. The molecule has 1 aliphatic carbocycles. The average Bonchev–Trinajstić information content (AvgIpc) is 2.85. The van der Waals surface area contributed by atoms with Crippen LogP contribution in [0, 0.1) is 0 Å². The minimum absolute atomic E-state index is 0.232. The molecular weight excluding hydrogens is 392 g/mol. The van der Waals surface area contributed by atoms with Crippen LogP contribution >= 0.6 is 0 Å². The van der Waals surface area contributed by atoms with Crippen LogP contribution < -0.4 is 0 Å². The monoisotopic (exact) mass is 434 g/mol. The Balaban J connectivity index is 1.49. The molecule has 2 fully saturated rings. The number of ether oxygens (including phenoxy) is 2. The van der Waals surface area contributed by atoms with Gasteiger partial charge in [-0.25, -0.2) is 0 Å². The normalized spacial score (nSPS) is 23.2. The van der Waals surface area contributed by atoms with Crippen molar-refractivity contribution in [2.75, 3.05) is 13.2 Å². The van der Waals surface area contributed by atoms with Gasteiger partial charge in [0.2, 0.25) is 0 Å². The second kappa shape index (κ2) is 11.5. The van der Waals surface area contributed by atoms with Crippen LogP contribution in [0.25, 0.3) is 0 Å².